The smallest absolute Gasteiger partial charge is 0.354 e. The zero-order chi connectivity index (χ0) is 22.1. The van der Waals surface area contributed by atoms with Gasteiger partial charge in [-0.2, -0.15) is 26.3 Å². The number of anilines is 1. The SMILES string of the molecule is O=C(c1cccc(C(F)(F)F)c1)N1CCCN(c2ncc(C(F)(F)F)cc2Cl)CC1. The molecule has 1 aliphatic rings. The monoisotopic (exact) mass is 451 g/mol. The van der Waals surface area contributed by atoms with Gasteiger partial charge in [0, 0.05) is 37.9 Å². The molecule has 0 spiro atoms. The lowest BCUT2D eigenvalue weighted by molar-refractivity contribution is -0.138. The van der Waals surface area contributed by atoms with E-state index in [0.29, 0.717) is 19.2 Å². The quantitative estimate of drug-likeness (QED) is 0.594. The second-order valence-electron chi connectivity index (χ2n) is 6.74. The molecule has 30 heavy (non-hydrogen) atoms. The highest BCUT2D eigenvalue weighted by molar-refractivity contribution is 6.33. The highest BCUT2D eigenvalue weighted by Crippen LogP contribution is 2.34. The van der Waals surface area contributed by atoms with Crippen molar-refractivity contribution in [2.75, 3.05) is 31.1 Å². The van der Waals surface area contributed by atoms with Crippen molar-refractivity contribution >= 4 is 23.3 Å². The number of halogens is 7. The zero-order valence-electron chi connectivity index (χ0n) is 15.4. The Bertz CT molecular complexity index is 931. The molecule has 0 N–H and O–H groups in total. The Morgan fingerprint density at radius 3 is 2.27 bits per heavy atom. The maximum absolute atomic E-state index is 12.9. The van der Waals surface area contributed by atoms with Gasteiger partial charge in [0.2, 0.25) is 0 Å². The van der Waals surface area contributed by atoms with E-state index < -0.39 is 29.4 Å². The Labute approximate surface area is 173 Å². The van der Waals surface area contributed by atoms with Crippen LogP contribution in [0.3, 0.4) is 0 Å². The standard InChI is InChI=1S/C19H16ClF6N3O/c20-15-10-14(19(24,25)26)11-27-16(15)28-5-2-6-29(8-7-28)17(30)12-3-1-4-13(9-12)18(21,22)23/h1,3-4,9-11H,2,5-8H2. The van der Waals surface area contributed by atoms with Gasteiger partial charge >= 0.3 is 12.4 Å². The van der Waals surface area contributed by atoms with Gasteiger partial charge in [0.1, 0.15) is 5.82 Å². The van der Waals surface area contributed by atoms with Crippen molar-refractivity contribution in [2.45, 2.75) is 18.8 Å². The van der Waals surface area contributed by atoms with Gasteiger partial charge in [-0.05, 0) is 30.7 Å². The fraction of sp³-hybridized carbons (Fsp3) is 0.368. The van der Waals surface area contributed by atoms with Crippen molar-refractivity contribution < 1.29 is 31.1 Å². The van der Waals surface area contributed by atoms with Crippen LogP contribution in [-0.2, 0) is 12.4 Å². The maximum Gasteiger partial charge on any atom is 0.417 e. The van der Waals surface area contributed by atoms with Crippen molar-refractivity contribution in [3.8, 4) is 0 Å². The molecule has 1 fully saturated rings. The summed E-state index contributed by atoms with van der Waals surface area (Å²) in [7, 11) is 0. The molecule has 1 saturated heterocycles. The molecule has 0 atom stereocenters. The first kappa shape index (κ1) is 22.2. The largest absolute Gasteiger partial charge is 0.417 e. The number of pyridine rings is 1. The predicted molar refractivity (Wildman–Crippen MR) is 98.4 cm³/mol. The summed E-state index contributed by atoms with van der Waals surface area (Å²) in [5.74, 6) is -0.382. The molecule has 0 radical (unpaired) electrons. The van der Waals surface area contributed by atoms with E-state index in [1.165, 1.54) is 17.0 Å². The van der Waals surface area contributed by atoms with Crippen LogP contribution in [0.4, 0.5) is 32.2 Å². The van der Waals surface area contributed by atoms with Crippen molar-refractivity contribution in [2.24, 2.45) is 0 Å². The van der Waals surface area contributed by atoms with Crippen LogP contribution in [0.2, 0.25) is 5.02 Å². The van der Waals surface area contributed by atoms with Crippen molar-refractivity contribution in [3.63, 3.8) is 0 Å². The molecule has 162 valence electrons. The van der Waals surface area contributed by atoms with Gasteiger partial charge in [-0.1, -0.05) is 17.7 Å². The third-order valence-corrected chi connectivity index (χ3v) is 4.95. The number of nitrogens with zero attached hydrogens (tertiary/aromatic N) is 3. The highest BCUT2D eigenvalue weighted by Gasteiger charge is 2.33. The first-order valence-corrected chi connectivity index (χ1v) is 9.29. The Morgan fingerprint density at radius 1 is 0.933 bits per heavy atom. The number of alkyl halides is 6. The van der Waals surface area contributed by atoms with Crippen molar-refractivity contribution in [1.29, 1.82) is 0 Å². The van der Waals surface area contributed by atoms with E-state index in [1.54, 1.807) is 4.90 Å². The van der Waals surface area contributed by atoms with Gasteiger partial charge < -0.3 is 9.80 Å². The molecule has 0 aliphatic carbocycles. The van der Waals surface area contributed by atoms with Gasteiger partial charge in [-0.3, -0.25) is 4.79 Å². The second-order valence-corrected chi connectivity index (χ2v) is 7.15. The summed E-state index contributed by atoms with van der Waals surface area (Å²) in [6, 6.07) is 4.97. The van der Waals surface area contributed by atoms with Crippen LogP contribution in [0.15, 0.2) is 36.5 Å². The van der Waals surface area contributed by atoms with Gasteiger partial charge in [0.05, 0.1) is 16.1 Å². The lowest BCUT2D eigenvalue weighted by atomic mass is 10.1. The molecule has 0 bridgehead atoms. The molecule has 2 heterocycles. The third kappa shape index (κ3) is 4.97. The normalized spacial score (nSPS) is 15.8. The van der Waals surface area contributed by atoms with E-state index in [1.807, 2.05) is 0 Å². The Morgan fingerprint density at radius 2 is 1.63 bits per heavy atom. The van der Waals surface area contributed by atoms with E-state index in [0.717, 1.165) is 18.2 Å². The average molecular weight is 452 g/mol. The minimum absolute atomic E-state index is 0.0797. The van der Waals surface area contributed by atoms with Gasteiger partial charge in [0.25, 0.3) is 5.91 Å². The zero-order valence-corrected chi connectivity index (χ0v) is 16.2. The highest BCUT2D eigenvalue weighted by atomic mass is 35.5. The number of amides is 1. The van der Waals surface area contributed by atoms with E-state index in [2.05, 4.69) is 4.98 Å². The van der Waals surface area contributed by atoms with Crippen LogP contribution in [0, 0.1) is 0 Å². The Kier molecular flexibility index (Phi) is 6.16. The van der Waals surface area contributed by atoms with E-state index in [4.69, 9.17) is 11.6 Å². The number of benzene rings is 1. The molecular formula is C19H16ClF6N3O. The fourth-order valence-corrected chi connectivity index (χ4v) is 3.45. The van der Waals surface area contributed by atoms with Crippen LogP contribution in [0.5, 0.6) is 0 Å². The lowest BCUT2D eigenvalue weighted by Gasteiger charge is -2.24. The summed E-state index contributed by atoms with van der Waals surface area (Å²) in [6.07, 6.45) is -7.99. The van der Waals surface area contributed by atoms with E-state index in [9.17, 15) is 31.1 Å². The summed E-state index contributed by atoms with van der Waals surface area (Å²) >= 11 is 5.99. The molecule has 1 aromatic carbocycles. The molecule has 3 rings (SSSR count). The van der Waals surface area contributed by atoms with Gasteiger partial charge in [-0.15, -0.1) is 0 Å². The maximum atomic E-state index is 12.9. The van der Waals surface area contributed by atoms with Crippen LogP contribution in [0.1, 0.15) is 27.9 Å². The first-order chi connectivity index (χ1) is 14.0. The summed E-state index contributed by atoms with van der Waals surface area (Å²) in [5, 5.41) is -0.164. The van der Waals surface area contributed by atoms with Gasteiger partial charge in [0.15, 0.2) is 0 Å². The van der Waals surface area contributed by atoms with Crippen molar-refractivity contribution in [3.05, 3.63) is 58.2 Å². The molecule has 0 saturated carbocycles. The number of hydrogen-bond acceptors (Lipinski definition) is 3. The first-order valence-electron chi connectivity index (χ1n) is 8.91. The van der Waals surface area contributed by atoms with Crippen LogP contribution < -0.4 is 4.90 Å². The second kappa shape index (κ2) is 8.33. The van der Waals surface area contributed by atoms with Gasteiger partial charge in [-0.25, -0.2) is 4.98 Å². The summed E-state index contributed by atoms with van der Waals surface area (Å²) in [6.45, 7) is 1.05. The van der Waals surface area contributed by atoms with Crippen LogP contribution >= 0.6 is 11.6 Å². The molecule has 11 heteroatoms. The minimum atomic E-state index is -4.57. The summed E-state index contributed by atoms with van der Waals surface area (Å²) in [5.41, 5.74) is -1.96. The topological polar surface area (TPSA) is 36.4 Å². The lowest BCUT2D eigenvalue weighted by Crippen LogP contribution is -2.35. The van der Waals surface area contributed by atoms with Crippen LogP contribution in [0.25, 0.3) is 0 Å². The molecule has 0 unspecified atom stereocenters. The number of rotatable bonds is 2. The Hall–Kier alpha value is -2.49. The summed E-state index contributed by atoms with van der Waals surface area (Å²) in [4.78, 5) is 19.6. The van der Waals surface area contributed by atoms with E-state index in [-0.39, 0.29) is 36.0 Å². The number of aromatic nitrogens is 1. The molecule has 4 nitrogen and oxygen atoms in total. The predicted octanol–water partition coefficient (Wildman–Crippen LogP) is 5.13. The third-order valence-electron chi connectivity index (χ3n) is 4.67. The molecule has 1 aromatic heterocycles. The molecule has 1 aliphatic heterocycles. The molecular weight excluding hydrogens is 436 g/mol. The number of carbonyl (C=O) groups is 1. The average Bonchev–Trinajstić information content (AvgIpc) is 2.92. The number of hydrogen-bond donors (Lipinski definition) is 0. The molecule has 1 amide bonds. The number of carbonyl (C=O) groups excluding carboxylic acids is 1. The summed E-state index contributed by atoms with van der Waals surface area (Å²) < 4.78 is 77.0. The fourth-order valence-electron chi connectivity index (χ4n) is 3.16. The van der Waals surface area contributed by atoms with E-state index >= 15 is 0 Å². The Balaban J connectivity index is 1.73. The minimum Gasteiger partial charge on any atom is -0.354 e. The molecule has 2 aromatic rings. The van der Waals surface area contributed by atoms with Crippen LogP contribution in [-0.4, -0.2) is 42.0 Å². The van der Waals surface area contributed by atoms with Crippen molar-refractivity contribution in [1.82, 2.24) is 9.88 Å².